The number of hydrogen-bond donors (Lipinski definition) is 3. The van der Waals surface area contributed by atoms with Crippen LogP contribution < -0.4 is 16.0 Å². The van der Waals surface area contributed by atoms with Crippen molar-refractivity contribution in [3.05, 3.63) is 46.7 Å². The predicted molar refractivity (Wildman–Crippen MR) is 144 cm³/mol. The summed E-state index contributed by atoms with van der Waals surface area (Å²) in [7, 11) is 0. The summed E-state index contributed by atoms with van der Waals surface area (Å²) in [5.74, 6) is 1.76. The summed E-state index contributed by atoms with van der Waals surface area (Å²) in [5.41, 5.74) is 1.93. The molecule has 3 heterocycles. The maximum absolute atomic E-state index is 12.7. The van der Waals surface area contributed by atoms with Crippen LogP contribution in [0.15, 0.2) is 30.6 Å². The molecule has 36 heavy (non-hydrogen) atoms. The summed E-state index contributed by atoms with van der Waals surface area (Å²) >= 11 is 1.45. The number of nitrogens with zero attached hydrogens (tertiary/aromatic N) is 4. The zero-order valence-electron chi connectivity index (χ0n) is 21.6. The third kappa shape index (κ3) is 7.13. The molecule has 0 bridgehead atoms. The second-order valence-corrected chi connectivity index (χ2v) is 11.8. The van der Waals surface area contributed by atoms with Crippen molar-refractivity contribution in [1.82, 2.24) is 19.7 Å². The number of carbonyl (C=O) groups is 2. The summed E-state index contributed by atoms with van der Waals surface area (Å²) in [6, 6.07) is 5.47. The molecule has 0 spiro atoms. The number of anilines is 3. The fraction of sp³-hybridized carbons (Fsp3) is 0.500. The van der Waals surface area contributed by atoms with Gasteiger partial charge in [-0.2, -0.15) is 5.10 Å². The van der Waals surface area contributed by atoms with Crippen LogP contribution in [0.2, 0.25) is 0 Å². The first kappa shape index (κ1) is 25.8. The molecule has 3 aromatic rings. The molecular weight excluding hydrogens is 474 g/mol. The Morgan fingerprint density at radius 3 is 2.58 bits per heavy atom. The lowest BCUT2D eigenvalue weighted by Crippen LogP contribution is -2.21. The van der Waals surface area contributed by atoms with E-state index in [4.69, 9.17) is 5.10 Å². The zero-order valence-corrected chi connectivity index (χ0v) is 22.4. The highest BCUT2D eigenvalue weighted by atomic mass is 32.1. The van der Waals surface area contributed by atoms with E-state index >= 15 is 0 Å². The maximum Gasteiger partial charge on any atom is 0.326 e. The third-order valence-corrected chi connectivity index (χ3v) is 6.92. The van der Waals surface area contributed by atoms with Crippen LogP contribution in [-0.2, 0) is 29.6 Å². The van der Waals surface area contributed by atoms with Crippen LogP contribution in [0.1, 0.15) is 63.6 Å². The Bertz CT molecular complexity index is 1220. The number of carbonyl (C=O) groups excluding carboxylic acids is 2. The topological polar surface area (TPSA) is 114 Å². The lowest BCUT2D eigenvalue weighted by atomic mass is 9.92. The predicted octanol–water partition coefficient (Wildman–Crippen LogP) is 5.47. The first-order chi connectivity index (χ1) is 17.1. The van der Waals surface area contributed by atoms with Crippen molar-refractivity contribution in [3.8, 4) is 0 Å². The molecule has 0 saturated heterocycles. The highest BCUT2D eigenvalue weighted by Gasteiger charge is 2.26. The molecule has 0 atom stereocenters. The first-order valence-corrected chi connectivity index (χ1v) is 13.3. The van der Waals surface area contributed by atoms with E-state index in [2.05, 4.69) is 46.7 Å². The van der Waals surface area contributed by atoms with E-state index in [0.29, 0.717) is 22.7 Å². The minimum absolute atomic E-state index is 0.0543. The molecule has 192 valence electrons. The third-order valence-electron chi connectivity index (χ3n) is 5.95. The van der Waals surface area contributed by atoms with Gasteiger partial charge in [0, 0.05) is 41.2 Å². The number of amides is 3. The molecule has 1 aliphatic carbocycles. The van der Waals surface area contributed by atoms with Crippen molar-refractivity contribution in [3.63, 3.8) is 0 Å². The summed E-state index contributed by atoms with van der Waals surface area (Å²) in [6.07, 6.45) is 7.46. The average molecular weight is 510 g/mol. The molecule has 0 aliphatic heterocycles. The fourth-order valence-corrected chi connectivity index (χ4v) is 4.34. The number of aryl methyl sites for hydroxylation is 2. The van der Waals surface area contributed by atoms with Crippen molar-refractivity contribution >= 4 is 40.0 Å². The first-order valence-electron chi connectivity index (χ1n) is 12.4. The van der Waals surface area contributed by atoms with E-state index in [9.17, 15) is 9.59 Å². The molecule has 0 aromatic carbocycles. The van der Waals surface area contributed by atoms with Gasteiger partial charge in [-0.1, -0.05) is 34.6 Å². The smallest absolute Gasteiger partial charge is 0.310 e. The number of nitrogens with one attached hydrogen (secondary N) is 3. The minimum atomic E-state index is -0.326. The van der Waals surface area contributed by atoms with Gasteiger partial charge >= 0.3 is 6.03 Å². The van der Waals surface area contributed by atoms with Crippen molar-refractivity contribution in [2.75, 3.05) is 16.0 Å². The standard InChI is InChI=1S/C26H35N7O2S/c1-16(2)23(34)29-21-12-17(10-11-27-21)8-9-19-14-28-25(36-19)31-24(35)30-22-13-20(26(3,4)5)32-33(22)15-18-6-7-18/h10-14,16,18H,6-9,15H2,1-5H3,(H,27,29,34)(H2,28,30,31,35). The highest BCUT2D eigenvalue weighted by Crippen LogP contribution is 2.33. The molecule has 0 radical (unpaired) electrons. The Hall–Kier alpha value is -3.27. The molecule has 0 unspecified atom stereocenters. The largest absolute Gasteiger partial charge is 0.326 e. The van der Waals surface area contributed by atoms with Gasteiger partial charge in [0.1, 0.15) is 11.6 Å². The number of thiazole rings is 1. The van der Waals surface area contributed by atoms with Crippen LogP contribution in [0, 0.1) is 11.8 Å². The van der Waals surface area contributed by atoms with E-state index in [1.807, 2.05) is 36.7 Å². The van der Waals surface area contributed by atoms with Gasteiger partial charge in [-0.3, -0.25) is 15.4 Å². The van der Waals surface area contributed by atoms with Crippen LogP contribution in [0.25, 0.3) is 0 Å². The minimum Gasteiger partial charge on any atom is -0.310 e. The van der Waals surface area contributed by atoms with Crippen molar-refractivity contribution < 1.29 is 9.59 Å². The number of aromatic nitrogens is 4. The van der Waals surface area contributed by atoms with Gasteiger partial charge in [0.05, 0.1) is 5.69 Å². The van der Waals surface area contributed by atoms with Gasteiger partial charge in [0.15, 0.2) is 5.13 Å². The molecule has 1 saturated carbocycles. The molecular formula is C26H35N7O2S. The molecule has 3 N–H and O–H groups in total. The monoisotopic (exact) mass is 509 g/mol. The number of rotatable bonds is 9. The molecule has 3 amide bonds. The lowest BCUT2D eigenvalue weighted by molar-refractivity contribution is -0.118. The quantitative estimate of drug-likeness (QED) is 0.354. The Kier molecular flexibility index (Phi) is 7.73. The second-order valence-electron chi connectivity index (χ2n) is 10.7. The Balaban J connectivity index is 1.32. The van der Waals surface area contributed by atoms with E-state index in [0.717, 1.165) is 35.5 Å². The average Bonchev–Trinajstić information content (AvgIpc) is 3.36. The van der Waals surface area contributed by atoms with Crippen molar-refractivity contribution in [1.29, 1.82) is 0 Å². The van der Waals surface area contributed by atoms with Gasteiger partial charge in [0.25, 0.3) is 0 Å². The summed E-state index contributed by atoms with van der Waals surface area (Å²) in [6.45, 7) is 10.9. The van der Waals surface area contributed by atoms with Crippen LogP contribution in [-0.4, -0.2) is 31.7 Å². The van der Waals surface area contributed by atoms with E-state index in [-0.39, 0.29) is 23.3 Å². The highest BCUT2D eigenvalue weighted by molar-refractivity contribution is 7.15. The molecule has 4 rings (SSSR count). The van der Waals surface area contributed by atoms with Gasteiger partial charge < -0.3 is 5.32 Å². The Labute approximate surface area is 216 Å². The van der Waals surface area contributed by atoms with Crippen molar-refractivity contribution in [2.24, 2.45) is 11.8 Å². The van der Waals surface area contributed by atoms with Gasteiger partial charge in [-0.15, -0.1) is 11.3 Å². The van der Waals surface area contributed by atoms with Crippen LogP contribution in [0.3, 0.4) is 0 Å². The molecule has 1 fully saturated rings. The molecule has 10 heteroatoms. The van der Waals surface area contributed by atoms with Crippen LogP contribution in [0.4, 0.5) is 21.6 Å². The Morgan fingerprint density at radius 2 is 1.89 bits per heavy atom. The van der Waals surface area contributed by atoms with Crippen molar-refractivity contribution in [2.45, 2.75) is 72.3 Å². The fourth-order valence-electron chi connectivity index (χ4n) is 3.53. The molecule has 3 aromatic heterocycles. The van der Waals surface area contributed by atoms with Gasteiger partial charge in [0.2, 0.25) is 5.91 Å². The van der Waals surface area contributed by atoms with Crippen LogP contribution in [0.5, 0.6) is 0 Å². The maximum atomic E-state index is 12.7. The molecule has 1 aliphatic rings. The van der Waals surface area contributed by atoms with E-state index in [1.54, 1.807) is 12.4 Å². The summed E-state index contributed by atoms with van der Waals surface area (Å²) in [5, 5.41) is 13.9. The Morgan fingerprint density at radius 1 is 1.11 bits per heavy atom. The number of urea groups is 1. The normalized spacial score (nSPS) is 13.6. The molecule has 9 nitrogen and oxygen atoms in total. The summed E-state index contributed by atoms with van der Waals surface area (Å²) in [4.78, 5) is 34.3. The summed E-state index contributed by atoms with van der Waals surface area (Å²) < 4.78 is 1.91. The van der Waals surface area contributed by atoms with E-state index < -0.39 is 0 Å². The van der Waals surface area contributed by atoms with Gasteiger partial charge in [-0.25, -0.2) is 19.4 Å². The SMILES string of the molecule is CC(C)C(=O)Nc1cc(CCc2cnc(NC(=O)Nc3cc(C(C)(C)C)nn3CC3CC3)s2)ccn1. The van der Waals surface area contributed by atoms with Gasteiger partial charge in [-0.05, 0) is 49.3 Å². The lowest BCUT2D eigenvalue weighted by Gasteiger charge is -2.14. The number of pyridine rings is 1. The van der Waals surface area contributed by atoms with E-state index in [1.165, 1.54) is 24.2 Å². The number of hydrogen-bond acceptors (Lipinski definition) is 6. The van der Waals surface area contributed by atoms with Crippen LogP contribution >= 0.6 is 11.3 Å². The zero-order chi connectivity index (χ0) is 25.9. The second kappa shape index (κ2) is 10.8.